The Hall–Kier alpha value is -2.25. The number of sulfonamides is 1. The number of benzene rings is 2. The van der Waals surface area contributed by atoms with E-state index in [0.29, 0.717) is 38.9 Å². The summed E-state index contributed by atoms with van der Waals surface area (Å²) in [7, 11) is -3.85. The van der Waals surface area contributed by atoms with E-state index < -0.39 is 15.8 Å². The summed E-state index contributed by atoms with van der Waals surface area (Å²) in [6, 6.07) is 15.4. The number of hydrogen-bond acceptors (Lipinski definition) is 3. The average molecular weight is 419 g/mol. The van der Waals surface area contributed by atoms with Crippen molar-refractivity contribution in [3.05, 3.63) is 66.0 Å². The van der Waals surface area contributed by atoms with Crippen LogP contribution in [0.3, 0.4) is 0 Å². The molecular formula is C22H27FN2O3S. The molecule has 156 valence electrons. The van der Waals surface area contributed by atoms with E-state index in [-0.39, 0.29) is 16.7 Å². The highest BCUT2D eigenvalue weighted by molar-refractivity contribution is 7.89. The lowest BCUT2D eigenvalue weighted by atomic mass is 9.94. The zero-order chi connectivity index (χ0) is 20.7. The SMILES string of the molecule is O=C(CCC1CCCN(S(=O)(=O)c2ccccc2F)C1)NCCc1ccccc1. The molecule has 1 N–H and O–H groups in total. The molecule has 1 unspecified atom stereocenters. The van der Waals surface area contributed by atoms with Crippen molar-refractivity contribution in [3.63, 3.8) is 0 Å². The normalized spacial score (nSPS) is 17.8. The van der Waals surface area contributed by atoms with Crippen LogP contribution in [0.1, 0.15) is 31.2 Å². The highest BCUT2D eigenvalue weighted by Crippen LogP contribution is 2.27. The van der Waals surface area contributed by atoms with Gasteiger partial charge in [0.05, 0.1) is 0 Å². The van der Waals surface area contributed by atoms with Crippen molar-refractivity contribution < 1.29 is 17.6 Å². The van der Waals surface area contributed by atoms with Gasteiger partial charge in [0, 0.05) is 26.1 Å². The van der Waals surface area contributed by atoms with E-state index in [1.54, 1.807) is 0 Å². The van der Waals surface area contributed by atoms with Gasteiger partial charge in [0.15, 0.2) is 0 Å². The molecular weight excluding hydrogens is 391 g/mol. The molecule has 1 saturated heterocycles. The first-order valence-corrected chi connectivity index (χ1v) is 11.5. The van der Waals surface area contributed by atoms with Crippen LogP contribution in [0.5, 0.6) is 0 Å². The molecule has 1 aliphatic heterocycles. The van der Waals surface area contributed by atoms with Crippen LogP contribution in [0.15, 0.2) is 59.5 Å². The fourth-order valence-electron chi connectivity index (χ4n) is 3.69. The summed E-state index contributed by atoms with van der Waals surface area (Å²) in [6.07, 6.45) is 3.37. The first-order chi connectivity index (χ1) is 14.0. The van der Waals surface area contributed by atoms with Gasteiger partial charge in [0.25, 0.3) is 0 Å². The zero-order valence-electron chi connectivity index (χ0n) is 16.4. The molecule has 0 bridgehead atoms. The van der Waals surface area contributed by atoms with Gasteiger partial charge >= 0.3 is 0 Å². The molecule has 0 aromatic heterocycles. The molecule has 5 nitrogen and oxygen atoms in total. The van der Waals surface area contributed by atoms with E-state index in [1.807, 2.05) is 30.3 Å². The van der Waals surface area contributed by atoms with E-state index in [4.69, 9.17) is 0 Å². The maximum Gasteiger partial charge on any atom is 0.245 e. The number of hydrogen-bond donors (Lipinski definition) is 1. The Bertz CT molecular complexity index is 919. The number of halogens is 1. The molecule has 0 saturated carbocycles. The van der Waals surface area contributed by atoms with E-state index in [1.165, 1.54) is 28.1 Å². The third-order valence-electron chi connectivity index (χ3n) is 5.29. The molecule has 1 aliphatic rings. The monoisotopic (exact) mass is 418 g/mol. The van der Waals surface area contributed by atoms with Gasteiger partial charge in [-0.15, -0.1) is 0 Å². The number of piperidine rings is 1. The molecule has 0 spiro atoms. The first kappa shape index (κ1) is 21.5. The predicted molar refractivity (Wildman–Crippen MR) is 110 cm³/mol. The van der Waals surface area contributed by atoms with Crippen LogP contribution in [-0.4, -0.2) is 38.3 Å². The molecule has 2 aromatic carbocycles. The van der Waals surface area contributed by atoms with Crippen molar-refractivity contribution >= 4 is 15.9 Å². The number of rotatable bonds is 8. The van der Waals surface area contributed by atoms with Crippen LogP contribution in [0.2, 0.25) is 0 Å². The maximum absolute atomic E-state index is 14.0. The fourth-order valence-corrected chi connectivity index (χ4v) is 5.31. The zero-order valence-corrected chi connectivity index (χ0v) is 17.2. The summed E-state index contributed by atoms with van der Waals surface area (Å²) < 4.78 is 40.9. The Kier molecular flexibility index (Phi) is 7.39. The lowest BCUT2D eigenvalue weighted by Gasteiger charge is -2.32. The molecule has 0 radical (unpaired) electrons. The van der Waals surface area contributed by atoms with Gasteiger partial charge in [-0.05, 0) is 49.3 Å². The van der Waals surface area contributed by atoms with Gasteiger partial charge in [-0.25, -0.2) is 12.8 Å². The number of nitrogens with zero attached hydrogens (tertiary/aromatic N) is 1. The van der Waals surface area contributed by atoms with E-state index in [0.717, 1.165) is 18.9 Å². The van der Waals surface area contributed by atoms with Crippen molar-refractivity contribution in [1.82, 2.24) is 9.62 Å². The van der Waals surface area contributed by atoms with Gasteiger partial charge in [-0.3, -0.25) is 4.79 Å². The van der Waals surface area contributed by atoms with Gasteiger partial charge in [0.2, 0.25) is 15.9 Å². The molecule has 1 atom stereocenters. The average Bonchev–Trinajstić information content (AvgIpc) is 2.73. The van der Waals surface area contributed by atoms with Crippen molar-refractivity contribution in [2.45, 2.75) is 37.0 Å². The minimum absolute atomic E-state index is 0.0185. The number of nitrogens with one attached hydrogen (secondary N) is 1. The predicted octanol–water partition coefficient (Wildman–Crippen LogP) is 3.37. The van der Waals surface area contributed by atoms with Gasteiger partial charge < -0.3 is 5.32 Å². The largest absolute Gasteiger partial charge is 0.356 e. The fraction of sp³-hybridized carbons (Fsp3) is 0.409. The van der Waals surface area contributed by atoms with Gasteiger partial charge in [-0.1, -0.05) is 42.5 Å². The molecule has 3 rings (SSSR count). The second-order valence-electron chi connectivity index (χ2n) is 7.43. The van der Waals surface area contributed by atoms with E-state index in [2.05, 4.69) is 5.32 Å². The second-order valence-corrected chi connectivity index (χ2v) is 9.33. The molecule has 2 aromatic rings. The quantitative estimate of drug-likeness (QED) is 0.715. The summed E-state index contributed by atoms with van der Waals surface area (Å²) in [5.74, 6) is -0.646. The summed E-state index contributed by atoms with van der Waals surface area (Å²) >= 11 is 0. The molecule has 7 heteroatoms. The van der Waals surface area contributed by atoms with Gasteiger partial charge in [0.1, 0.15) is 10.7 Å². The maximum atomic E-state index is 14.0. The van der Waals surface area contributed by atoms with Crippen LogP contribution < -0.4 is 5.32 Å². The highest BCUT2D eigenvalue weighted by Gasteiger charge is 2.31. The van der Waals surface area contributed by atoms with Crippen molar-refractivity contribution in [2.75, 3.05) is 19.6 Å². The third-order valence-corrected chi connectivity index (χ3v) is 7.19. The van der Waals surface area contributed by atoms with Crippen LogP contribution in [0.4, 0.5) is 4.39 Å². The summed E-state index contributed by atoms with van der Waals surface area (Å²) in [5.41, 5.74) is 1.18. The lowest BCUT2D eigenvalue weighted by Crippen LogP contribution is -2.40. The third kappa shape index (κ3) is 5.87. The minimum atomic E-state index is -3.85. The Morgan fingerprint density at radius 2 is 1.83 bits per heavy atom. The van der Waals surface area contributed by atoms with Crippen LogP contribution >= 0.6 is 0 Å². The van der Waals surface area contributed by atoms with Crippen LogP contribution in [-0.2, 0) is 21.2 Å². The molecule has 1 heterocycles. The number of amides is 1. The van der Waals surface area contributed by atoms with Crippen LogP contribution in [0, 0.1) is 11.7 Å². The Morgan fingerprint density at radius 3 is 2.59 bits per heavy atom. The first-order valence-electron chi connectivity index (χ1n) is 10.0. The topological polar surface area (TPSA) is 66.5 Å². The second kappa shape index (κ2) is 9.98. The lowest BCUT2D eigenvalue weighted by molar-refractivity contribution is -0.121. The van der Waals surface area contributed by atoms with Crippen molar-refractivity contribution in [3.8, 4) is 0 Å². The van der Waals surface area contributed by atoms with Crippen LogP contribution in [0.25, 0.3) is 0 Å². The van der Waals surface area contributed by atoms with Crippen molar-refractivity contribution in [2.24, 2.45) is 5.92 Å². The van der Waals surface area contributed by atoms with Gasteiger partial charge in [-0.2, -0.15) is 4.31 Å². The highest BCUT2D eigenvalue weighted by atomic mass is 32.2. The molecule has 29 heavy (non-hydrogen) atoms. The Balaban J connectivity index is 1.47. The van der Waals surface area contributed by atoms with Crippen molar-refractivity contribution in [1.29, 1.82) is 0 Å². The molecule has 1 amide bonds. The summed E-state index contributed by atoms with van der Waals surface area (Å²) in [5, 5.41) is 2.93. The smallest absolute Gasteiger partial charge is 0.245 e. The minimum Gasteiger partial charge on any atom is -0.356 e. The number of carbonyl (C=O) groups excluding carboxylic acids is 1. The molecule has 1 fully saturated rings. The summed E-state index contributed by atoms with van der Waals surface area (Å²) in [6.45, 7) is 1.30. The molecule has 0 aliphatic carbocycles. The summed E-state index contributed by atoms with van der Waals surface area (Å²) in [4.78, 5) is 11.8. The van der Waals surface area contributed by atoms with E-state index >= 15 is 0 Å². The standard InChI is InChI=1S/C22H27FN2O3S/c23-20-10-4-5-11-21(20)29(27,28)25-16-6-9-19(17-25)12-13-22(26)24-15-14-18-7-2-1-3-8-18/h1-5,7-8,10-11,19H,6,9,12-17H2,(H,24,26). The Labute approximate surface area is 172 Å². The van der Waals surface area contributed by atoms with E-state index in [9.17, 15) is 17.6 Å². The Morgan fingerprint density at radius 1 is 1.10 bits per heavy atom. The number of carbonyl (C=O) groups is 1.